The zero-order valence-electron chi connectivity index (χ0n) is 18.5. The van der Waals surface area contributed by atoms with Gasteiger partial charge in [0.15, 0.2) is 18.0 Å². The topological polar surface area (TPSA) is 62.1 Å². The number of hydrogen-bond acceptors (Lipinski definition) is 2. The standard InChI is InChI=1S/C25H23BF2N4O2/c1-2-29-25(33)17-34-22-12-6-18(7-13-22)5-8-19-9-10-20-16-21-11-14-24(23-4-3-15-30-23)32(21)26(27,28)31(19)20/h3-16,30H,2,17H2,1H3,(H,29,33)/b8-5-. The summed E-state index contributed by atoms with van der Waals surface area (Å²) in [5, 5.41) is 2.67. The Morgan fingerprint density at radius 3 is 2.71 bits per heavy atom. The highest BCUT2D eigenvalue weighted by Crippen LogP contribution is 2.33. The number of nitrogens with zero attached hydrogens (tertiary/aromatic N) is 2. The third-order valence-electron chi connectivity index (χ3n) is 5.79. The van der Waals surface area contributed by atoms with Gasteiger partial charge in [0.25, 0.3) is 5.91 Å². The van der Waals surface area contributed by atoms with E-state index in [1.165, 1.54) is 0 Å². The highest BCUT2D eigenvalue weighted by molar-refractivity contribution is 6.58. The van der Waals surface area contributed by atoms with Crippen molar-refractivity contribution in [3.05, 3.63) is 95.2 Å². The van der Waals surface area contributed by atoms with Gasteiger partial charge in [0.05, 0.1) is 0 Å². The van der Waals surface area contributed by atoms with E-state index < -0.39 is 6.97 Å². The molecule has 4 heterocycles. The van der Waals surface area contributed by atoms with E-state index in [0.29, 0.717) is 40.8 Å². The largest absolute Gasteiger partial charge is 0.737 e. The van der Waals surface area contributed by atoms with Gasteiger partial charge >= 0.3 is 6.97 Å². The van der Waals surface area contributed by atoms with E-state index in [0.717, 1.165) is 14.5 Å². The first-order chi connectivity index (χ1) is 16.5. The van der Waals surface area contributed by atoms with Crippen molar-refractivity contribution in [1.82, 2.24) is 14.8 Å². The van der Waals surface area contributed by atoms with Crippen LogP contribution in [0.25, 0.3) is 18.2 Å². The molecule has 9 heteroatoms. The fourth-order valence-electron chi connectivity index (χ4n) is 4.25. The summed E-state index contributed by atoms with van der Waals surface area (Å²) in [6.45, 7) is -1.76. The monoisotopic (exact) mass is 460 g/mol. The molecule has 0 spiro atoms. The Kier molecular flexibility index (Phi) is 5.53. The molecule has 5 rings (SSSR count). The molecule has 2 N–H and O–H groups in total. The average molecular weight is 460 g/mol. The highest BCUT2D eigenvalue weighted by Gasteiger charge is 2.52. The summed E-state index contributed by atoms with van der Waals surface area (Å²) < 4.78 is 39.3. The first kappa shape index (κ1) is 21.7. The van der Waals surface area contributed by atoms with Crippen LogP contribution in [-0.2, 0) is 4.79 Å². The van der Waals surface area contributed by atoms with Crippen LogP contribution in [-0.4, -0.2) is 45.7 Å². The van der Waals surface area contributed by atoms with Crippen molar-refractivity contribution in [3.63, 3.8) is 0 Å². The molecule has 0 unspecified atom stereocenters. The van der Waals surface area contributed by atoms with E-state index in [9.17, 15) is 4.79 Å². The summed E-state index contributed by atoms with van der Waals surface area (Å²) in [6.07, 6.45) is 10.4. The molecule has 1 amide bonds. The zero-order chi connectivity index (χ0) is 23.7. The minimum absolute atomic E-state index is 0.0567. The summed E-state index contributed by atoms with van der Waals surface area (Å²) in [6, 6.07) is 14.1. The van der Waals surface area contributed by atoms with Crippen molar-refractivity contribution in [2.45, 2.75) is 6.92 Å². The number of hydrogen-bond donors (Lipinski definition) is 2. The maximum absolute atomic E-state index is 15.8. The number of likely N-dealkylation sites (N-methyl/N-ethyl adjacent to an activating group) is 1. The number of benzene rings is 1. The number of carbonyl (C=O) groups excluding carboxylic acids is 1. The number of fused-ring (bicyclic) bond motifs is 2. The van der Waals surface area contributed by atoms with Crippen molar-refractivity contribution < 1.29 is 22.6 Å². The lowest BCUT2D eigenvalue weighted by Crippen LogP contribution is -2.50. The number of carbonyl (C=O) groups is 1. The van der Waals surface area contributed by atoms with E-state index >= 15 is 8.63 Å². The maximum Gasteiger partial charge on any atom is 0.737 e. The molecule has 0 radical (unpaired) electrons. The number of rotatable bonds is 7. The van der Waals surface area contributed by atoms with E-state index in [2.05, 4.69) is 10.3 Å². The number of aromatic amines is 1. The molecule has 0 fully saturated rings. The van der Waals surface area contributed by atoms with Gasteiger partial charge in [0, 0.05) is 42.4 Å². The lowest BCUT2D eigenvalue weighted by atomic mass is 9.90. The number of halogens is 2. The molecule has 3 aromatic rings. The molecular formula is C25H23BF2N4O2. The molecule has 0 bridgehead atoms. The van der Waals surface area contributed by atoms with E-state index in [1.807, 2.05) is 19.1 Å². The Bertz CT molecular complexity index is 1350. The van der Waals surface area contributed by atoms with Crippen molar-refractivity contribution in [2.75, 3.05) is 13.2 Å². The summed E-state index contributed by atoms with van der Waals surface area (Å²) in [7, 11) is 0. The van der Waals surface area contributed by atoms with Crippen LogP contribution < -0.4 is 10.1 Å². The second-order valence-electron chi connectivity index (χ2n) is 8.03. The van der Waals surface area contributed by atoms with Crippen LogP contribution >= 0.6 is 0 Å². The van der Waals surface area contributed by atoms with Crippen LogP contribution in [0.4, 0.5) is 8.63 Å². The lowest BCUT2D eigenvalue weighted by molar-refractivity contribution is -0.360. The number of ether oxygens (including phenoxy) is 1. The Labute approximate surface area is 195 Å². The molecule has 2 aliphatic heterocycles. The average Bonchev–Trinajstić information content (AvgIpc) is 3.57. The predicted octanol–water partition coefficient (Wildman–Crippen LogP) is 4.15. The van der Waals surface area contributed by atoms with Gasteiger partial charge in [0.1, 0.15) is 11.4 Å². The predicted molar refractivity (Wildman–Crippen MR) is 130 cm³/mol. The fourth-order valence-corrected chi connectivity index (χ4v) is 4.25. The van der Waals surface area contributed by atoms with Crippen molar-refractivity contribution in [3.8, 4) is 5.75 Å². The van der Waals surface area contributed by atoms with Gasteiger partial charge in [-0.05, 0) is 55.0 Å². The Hall–Kier alpha value is -4.14. The number of H-pyrrole nitrogens is 1. The molecule has 172 valence electrons. The summed E-state index contributed by atoms with van der Waals surface area (Å²) in [5.41, 5.74) is 3.25. The lowest BCUT2D eigenvalue weighted by Gasteiger charge is -2.30. The summed E-state index contributed by atoms with van der Waals surface area (Å²) >= 11 is 0. The number of amides is 1. The third-order valence-corrected chi connectivity index (χ3v) is 5.79. The minimum Gasteiger partial charge on any atom is -0.484 e. The first-order valence-corrected chi connectivity index (χ1v) is 11.1. The molecule has 0 saturated carbocycles. The SMILES string of the molecule is CCNC(=O)COc1ccc(/C=C\c2ccc3n2[B-](F)(F)[N+]2=C(c4ccc[nH]4)C=CC2=C3)cc1. The molecule has 0 atom stereocenters. The van der Waals surface area contributed by atoms with E-state index in [-0.39, 0.29) is 12.5 Å². The van der Waals surface area contributed by atoms with Gasteiger partial charge in [-0.1, -0.05) is 18.2 Å². The van der Waals surface area contributed by atoms with Gasteiger partial charge in [-0.15, -0.1) is 0 Å². The van der Waals surface area contributed by atoms with Crippen molar-refractivity contribution in [1.29, 1.82) is 0 Å². The van der Waals surface area contributed by atoms with Crippen LogP contribution in [0.3, 0.4) is 0 Å². The van der Waals surface area contributed by atoms with Crippen LogP contribution in [0.5, 0.6) is 5.75 Å². The smallest absolute Gasteiger partial charge is 0.484 e. The van der Waals surface area contributed by atoms with Crippen LogP contribution in [0.15, 0.2) is 72.6 Å². The Morgan fingerprint density at radius 2 is 1.97 bits per heavy atom. The summed E-state index contributed by atoms with van der Waals surface area (Å²) in [4.78, 5) is 14.5. The van der Waals surface area contributed by atoms with Crippen LogP contribution in [0.1, 0.15) is 29.6 Å². The van der Waals surface area contributed by atoms with Gasteiger partial charge in [-0.2, -0.15) is 0 Å². The van der Waals surface area contributed by atoms with Crippen molar-refractivity contribution in [2.24, 2.45) is 0 Å². The van der Waals surface area contributed by atoms with Gasteiger partial charge in [0.2, 0.25) is 0 Å². The van der Waals surface area contributed by atoms with Gasteiger partial charge < -0.3 is 32.6 Å². The zero-order valence-corrected chi connectivity index (χ0v) is 18.5. The maximum atomic E-state index is 15.8. The van der Waals surface area contributed by atoms with Gasteiger partial charge in [-0.25, -0.2) is 0 Å². The molecule has 2 aliphatic rings. The normalized spacial score (nSPS) is 15.9. The number of nitrogens with one attached hydrogen (secondary N) is 2. The van der Waals surface area contributed by atoms with Crippen LogP contribution in [0, 0.1) is 0 Å². The second-order valence-corrected chi connectivity index (χ2v) is 8.03. The van der Waals surface area contributed by atoms with Crippen molar-refractivity contribution >= 4 is 36.8 Å². The molecule has 34 heavy (non-hydrogen) atoms. The summed E-state index contributed by atoms with van der Waals surface area (Å²) in [5.74, 6) is 0.374. The molecule has 0 aliphatic carbocycles. The van der Waals surface area contributed by atoms with Gasteiger partial charge in [-0.3, -0.25) is 4.79 Å². The molecular weight excluding hydrogens is 437 g/mol. The number of allylic oxidation sites excluding steroid dienone is 2. The fraction of sp³-hybridized carbons (Fsp3) is 0.120. The second kappa shape index (κ2) is 8.66. The Balaban J connectivity index is 1.39. The third kappa shape index (κ3) is 3.89. The van der Waals surface area contributed by atoms with Crippen LogP contribution in [0.2, 0.25) is 0 Å². The molecule has 2 aromatic heterocycles. The van der Waals surface area contributed by atoms with E-state index in [4.69, 9.17) is 4.74 Å². The molecule has 6 nitrogen and oxygen atoms in total. The number of aromatic nitrogens is 2. The highest BCUT2D eigenvalue weighted by atomic mass is 19.2. The first-order valence-electron chi connectivity index (χ1n) is 11.1. The minimum atomic E-state index is -4.09. The Morgan fingerprint density at radius 1 is 1.15 bits per heavy atom. The van der Waals surface area contributed by atoms with E-state index in [1.54, 1.807) is 73.0 Å². The molecule has 0 saturated heterocycles. The quantitative estimate of drug-likeness (QED) is 0.521. The molecule has 1 aromatic carbocycles.